The third-order valence-corrected chi connectivity index (χ3v) is 7.62. The fraction of sp³-hybridized carbons (Fsp3) is 0.462. The van der Waals surface area contributed by atoms with Gasteiger partial charge in [0, 0.05) is 69.5 Å². The van der Waals surface area contributed by atoms with Gasteiger partial charge in [-0.1, -0.05) is 6.08 Å². The second-order valence-corrected chi connectivity index (χ2v) is 9.66. The highest BCUT2D eigenvalue weighted by Crippen LogP contribution is 2.39. The lowest BCUT2D eigenvalue weighted by Crippen LogP contribution is -2.57. The number of anilines is 1. The third-order valence-electron chi connectivity index (χ3n) is 7.62. The van der Waals surface area contributed by atoms with Gasteiger partial charge in [-0.15, -0.1) is 0 Å². The molecule has 2 saturated heterocycles. The number of amides is 2. The van der Waals surface area contributed by atoms with Gasteiger partial charge in [-0.3, -0.25) is 15.1 Å². The van der Waals surface area contributed by atoms with Gasteiger partial charge in [0.25, 0.3) is 5.91 Å². The SMILES string of the molecule is COC1CC(N2CCC3(CC2)OC(=O)NC2=NCCC=C23)=CC(C(=O)N2CCc3cc(F)ccc32)=N1. The zero-order valence-corrected chi connectivity index (χ0v) is 20.1. The Morgan fingerprint density at radius 1 is 1.28 bits per heavy atom. The number of alkyl carbamates (subject to hydrolysis) is 1. The van der Waals surface area contributed by atoms with Gasteiger partial charge in [0.15, 0.2) is 6.23 Å². The summed E-state index contributed by atoms with van der Waals surface area (Å²) in [5.74, 6) is 0.117. The molecule has 0 radical (unpaired) electrons. The lowest BCUT2D eigenvalue weighted by molar-refractivity contribution is -0.112. The van der Waals surface area contributed by atoms with Gasteiger partial charge in [-0.2, -0.15) is 0 Å². The summed E-state index contributed by atoms with van der Waals surface area (Å²) in [6.07, 6.45) is 6.31. The number of ether oxygens (including phenoxy) is 2. The van der Waals surface area contributed by atoms with Gasteiger partial charge in [-0.25, -0.2) is 14.2 Å². The predicted octanol–water partition coefficient (Wildman–Crippen LogP) is 2.72. The molecule has 5 heterocycles. The predicted molar refractivity (Wildman–Crippen MR) is 132 cm³/mol. The minimum absolute atomic E-state index is 0.214. The molecular weight excluding hydrogens is 465 g/mol. The molecule has 1 unspecified atom stereocenters. The van der Waals surface area contributed by atoms with Crippen molar-refractivity contribution in [2.24, 2.45) is 9.98 Å². The van der Waals surface area contributed by atoms with Crippen LogP contribution in [0.5, 0.6) is 0 Å². The molecule has 10 heteroatoms. The van der Waals surface area contributed by atoms with Crippen LogP contribution in [0.15, 0.2) is 51.6 Å². The number of hydrogen-bond donors (Lipinski definition) is 1. The number of aliphatic imine (C=N–C) groups is 2. The van der Waals surface area contributed by atoms with E-state index in [1.54, 1.807) is 18.1 Å². The van der Waals surface area contributed by atoms with E-state index in [-0.39, 0.29) is 11.7 Å². The van der Waals surface area contributed by atoms with Gasteiger partial charge < -0.3 is 19.3 Å². The van der Waals surface area contributed by atoms with E-state index in [1.807, 2.05) is 6.08 Å². The quantitative estimate of drug-likeness (QED) is 0.699. The number of likely N-dealkylation sites (tertiary alicyclic amines) is 1. The molecule has 188 valence electrons. The van der Waals surface area contributed by atoms with Crippen molar-refractivity contribution >= 4 is 29.2 Å². The van der Waals surface area contributed by atoms with Gasteiger partial charge in [0.05, 0.1) is 0 Å². The minimum Gasteiger partial charge on any atom is -0.437 e. The normalized spacial score (nSPS) is 24.6. The number of fused-ring (bicyclic) bond motifs is 3. The van der Waals surface area contributed by atoms with E-state index in [0.717, 1.165) is 28.9 Å². The van der Waals surface area contributed by atoms with E-state index in [4.69, 9.17) is 9.47 Å². The number of nitrogens with zero attached hydrogens (tertiary/aromatic N) is 4. The van der Waals surface area contributed by atoms with Crippen molar-refractivity contribution in [1.82, 2.24) is 10.2 Å². The summed E-state index contributed by atoms with van der Waals surface area (Å²) in [6.45, 7) is 2.47. The molecule has 9 nitrogen and oxygen atoms in total. The van der Waals surface area contributed by atoms with Crippen LogP contribution < -0.4 is 10.2 Å². The highest BCUT2D eigenvalue weighted by molar-refractivity contribution is 6.48. The summed E-state index contributed by atoms with van der Waals surface area (Å²) >= 11 is 0. The Labute approximate surface area is 208 Å². The highest BCUT2D eigenvalue weighted by atomic mass is 19.1. The van der Waals surface area contributed by atoms with Crippen LogP contribution in [-0.2, 0) is 20.7 Å². The highest BCUT2D eigenvalue weighted by Gasteiger charge is 2.47. The van der Waals surface area contributed by atoms with Crippen LogP contribution in [0, 0.1) is 5.82 Å². The van der Waals surface area contributed by atoms with Crippen LogP contribution in [0.1, 0.15) is 31.2 Å². The third kappa shape index (κ3) is 3.89. The number of amidine groups is 1. The van der Waals surface area contributed by atoms with Crippen molar-refractivity contribution in [3.8, 4) is 0 Å². The number of halogens is 1. The van der Waals surface area contributed by atoms with Gasteiger partial charge in [0.1, 0.15) is 23.0 Å². The first kappa shape index (κ1) is 22.9. The Balaban J connectivity index is 1.21. The van der Waals surface area contributed by atoms with Crippen LogP contribution in [0.25, 0.3) is 0 Å². The van der Waals surface area contributed by atoms with Gasteiger partial charge in [0.2, 0.25) is 0 Å². The summed E-state index contributed by atoms with van der Waals surface area (Å²) in [5, 5.41) is 2.73. The number of hydrogen-bond acceptors (Lipinski definition) is 7. The molecule has 1 aromatic carbocycles. The number of carbonyl (C=O) groups is 2. The summed E-state index contributed by atoms with van der Waals surface area (Å²) in [6, 6.07) is 4.51. The molecule has 0 bridgehead atoms. The molecule has 6 rings (SSSR count). The molecule has 0 aliphatic carbocycles. The number of piperidine rings is 1. The first-order chi connectivity index (χ1) is 17.5. The van der Waals surface area contributed by atoms with E-state index >= 15 is 0 Å². The number of nitrogens with one attached hydrogen (secondary N) is 1. The molecule has 2 fully saturated rings. The van der Waals surface area contributed by atoms with E-state index < -0.39 is 17.9 Å². The maximum atomic E-state index is 13.6. The van der Waals surface area contributed by atoms with Crippen LogP contribution in [0.4, 0.5) is 14.9 Å². The largest absolute Gasteiger partial charge is 0.437 e. The molecule has 0 saturated carbocycles. The Morgan fingerprint density at radius 2 is 2.11 bits per heavy atom. The van der Waals surface area contributed by atoms with Crippen molar-refractivity contribution < 1.29 is 23.5 Å². The Hall–Kier alpha value is -3.53. The van der Waals surface area contributed by atoms with Crippen LogP contribution in [0.2, 0.25) is 0 Å². The number of methoxy groups -OCH3 is 1. The summed E-state index contributed by atoms with van der Waals surface area (Å²) in [5.41, 5.74) is 3.16. The fourth-order valence-corrected chi connectivity index (χ4v) is 5.78. The number of benzene rings is 1. The van der Waals surface area contributed by atoms with Crippen LogP contribution >= 0.6 is 0 Å². The van der Waals surface area contributed by atoms with Crippen LogP contribution in [-0.4, -0.2) is 73.6 Å². The summed E-state index contributed by atoms with van der Waals surface area (Å²) in [4.78, 5) is 38.6. The van der Waals surface area contributed by atoms with Crippen molar-refractivity contribution in [1.29, 1.82) is 0 Å². The molecule has 5 aliphatic heterocycles. The fourth-order valence-electron chi connectivity index (χ4n) is 5.78. The number of rotatable bonds is 3. The second-order valence-electron chi connectivity index (χ2n) is 9.66. The zero-order chi connectivity index (χ0) is 24.9. The van der Waals surface area contributed by atoms with E-state index in [9.17, 15) is 14.0 Å². The van der Waals surface area contributed by atoms with Crippen LogP contribution in [0.3, 0.4) is 0 Å². The first-order valence-electron chi connectivity index (χ1n) is 12.4. The van der Waals surface area contributed by atoms with Crippen molar-refractivity contribution in [3.63, 3.8) is 0 Å². The zero-order valence-electron chi connectivity index (χ0n) is 20.1. The molecule has 1 aromatic rings. The van der Waals surface area contributed by atoms with E-state index in [1.165, 1.54) is 12.1 Å². The van der Waals surface area contributed by atoms with Gasteiger partial charge in [-0.05, 0) is 42.7 Å². The average molecular weight is 494 g/mol. The molecule has 1 spiro atoms. The Morgan fingerprint density at radius 3 is 2.92 bits per heavy atom. The second kappa shape index (κ2) is 8.85. The number of dihydropyridines is 2. The molecular formula is C26H28FN5O4. The Bertz CT molecular complexity index is 1240. The molecule has 5 aliphatic rings. The van der Waals surface area contributed by atoms with E-state index in [2.05, 4.69) is 26.3 Å². The summed E-state index contributed by atoms with van der Waals surface area (Å²) in [7, 11) is 1.59. The minimum atomic E-state index is -0.671. The maximum Gasteiger partial charge on any atom is 0.413 e. The molecule has 1 N–H and O–H groups in total. The molecule has 2 amide bonds. The lowest BCUT2D eigenvalue weighted by Gasteiger charge is -2.47. The maximum absolute atomic E-state index is 13.6. The van der Waals surface area contributed by atoms with E-state index in [0.29, 0.717) is 63.4 Å². The smallest absolute Gasteiger partial charge is 0.413 e. The average Bonchev–Trinajstić information content (AvgIpc) is 3.31. The standard InChI is InChI=1S/C26H28FN5O4/c1-35-22-15-18(14-20(29-22)24(33)32-10-6-16-13-17(27)4-5-21(16)32)31-11-7-26(8-12-31)19-3-2-9-28-23(19)30-25(34)36-26/h3-5,13-14,22H,2,6-12,15H2,1H3,(H,28,30,34). The summed E-state index contributed by atoms with van der Waals surface area (Å²) < 4.78 is 25.1. The number of carbonyl (C=O) groups excluding carboxylic acids is 2. The monoisotopic (exact) mass is 493 g/mol. The topological polar surface area (TPSA) is 95.8 Å². The molecule has 1 atom stereocenters. The lowest BCUT2D eigenvalue weighted by atomic mass is 9.80. The van der Waals surface area contributed by atoms with Crippen molar-refractivity contribution in [3.05, 3.63) is 53.0 Å². The Kier molecular flexibility index (Phi) is 5.63. The van der Waals surface area contributed by atoms with Gasteiger partial charge >= 0.3 is 6.09 Å². The molecule has 0 aromatic heterocycles. The first-order valence-corrected chi connectivity index (χ1v) is 12.4. The molecule has 36 heavy (non-hydrogen) atoms. The van der Waals surface area contributed by atoms with Crippen molar-refractivity contribution in [2.75, 3.05) is 38.2 Å². The van der Waals surface area contributed by atoms with Crippen molar-refractivity contribution in [2.45, 2.75) is 43.9 Å².